The highest BCUT2D eigenvalue weighted by molar-refractivity contribution is 7.13. The molecule has 0 fully saturated rings. The Morgan fingerprint density at radius 3 is 1.83 bits per heavy atom. The van der Waals surface area contributed by atoms with Gasteiger partial charge in [0, 0.05) is 21.3 Å². The number of rotatable bonds is 2. The summed E-state index contributed by atoms with van der Waals surface area (Å²) < 4.78 is 0. The summed E-state index contributed by atoms with van der Waals surface area (Å²) in [4.78, 5) is 27.2. The van der Waals surface area contributed by atoms with Gasteiger partial charge in [-0.25, -0.2) is 0 Å². The molecule has 0 aromatic carbocycles. The third kappa shape index (κ3) is 3.41. The average molecular weight is 365 g/mol. The molecule has 3 heterocycles. The van der Waals surface area contributed by atoms with Gasteiger partial charge < -0.3 is 0 Å². The maximum atomic E-state index is 10.5. The van der Waals surface area contributed by atoms with Crippen molar-refractivity contribution in [2.45, 2.75) is 27.7 Å². The van der Waals surface area contributed by atoms with E-state index < -0.39 is 9.85 Å². The van der Waals surface area contributed by atoms with Gasteiger partial charge in [0.1, 0.15) is 0 Å². The highest BCUT2D eigenvalue weighted by atomic mass is 32.1. The van der Waals surface area contributed by atoms with Crippen LogP contribution in [0, 0.1) is 47.9 Å². The van der Waals surface area contributed by atoms with E-state index in [1.54, 1.807) is 0 Å². The van der Waals surface area contributed by atoms with Crippen LogP contribution in [0.25, 0.3) is 10.9 Å². The molecule has 3 aromatic heterocycles. The van der Waals surface area contributed by atoms with Gasteiger partial charge in [-0.05, 0) is 33.8 Å². The number of fused-ring (bicyclic) bond motifs is 1. The number of thiophene rings is 2. The van der Waals surface area contributed by atoms with E-state index in [-0.39, 0.29) is 11.4 Å². The van der Waals surface area contributed by atoms with Gasteiger partial charge in [-0.2, -0.15) is 0 Å². The maximum Gasteiger partial charge on any atom is 0.359 e. The van der Waals surface area contributed by atoms with Gasteiger partial charge in [0.25, 0.3) is 0 Å². The van der Waals surface area contributed by atoms with Crippen molar-refractivity contribution in [2.24, 2.45) is 0 Å². The maximum absolute atomic E-state index is 10.5. The smallest absolute Gasteiger partial charge is 0.258 e. The first-order valence-corrected chi connectivity index (χ1v) is 8.56. The predicted octanol–water partition coefficient (Wildman–Crippen LogP) is 5.09. The highest BCUT2D eigenvalue weighted by Gasteiger charge is 2.32. The largest absolute Gasteiger partial charge is 0.359 e. The molecular weight excluding hydrogens is 350 g/mol. The fraction of sp³-hybridized carbons (Fsp3) is 0.267. The van der Waals surface area contributed by atoms with Gasteiger partial charge in [0.05, 0.1) is 25.1 Å². The molecule has 24 heavy (non-hydrogen) atoms. The summed E-state index contributed by atoms with van der Waals surface area (Å²) in [7, 11) is 0. The average Bonchev–Trinajstić information content (AvgIpc) is 2.97. The van der Waals surface area contributed by atoms with Crippen molar-refractivity contribution < 1.29 is 9.85 Å². The molecule has 0 aliphatic rings. The van der Waals surface area contributed by atoms with E-state index in [4.69, 9.17) is 0 Å². The third-order valence-electron chi connectivity index (χ3n) is 3.39. The summed E-state index contributed by atoms with van der Waals surface area (Å²) in [5, 5.41) is 22.2. The Bertz CT molecular complexity index is 860. The van der Waals surface area contributed by atoms with E-state index in [2.05, 4.69) is 24.9 Å². The molecule has 0 spiro atoms. The summed E-state index contributed by atoms with van der Waals surface area (Å²) in [6, 6.07) is 4.11. The Morgan fingerprint density at radius 2 is 1.38 bits per heavy atom. The monoisotopic (exact) mass is 365 g/mol. The first kappa shape index (κ1) is 18.0. The Morgan fingerprint density at radius 1 is 0.875 bits per heavy atom. The van der Waals surface area contributed by atoms with Gasteiger partial charge in [-0.15, -0.1) is 22.7 Å². The first-order valence-electron chi connectivity index (χ1n) is 6.93. The molecule has 7 nitrogen and oxygen atoms in total. The molecule has 0 unspecified atom stereocenters. The molecule has 0 N–H and O–H groups in total. The van der Waals surface area contributed by atoms with Crippen LogP contribution >= 0.6 is 22.7 Å². The lowest BCUT2D eigenvalue weighted by Crippen LogP contribution is -1.95. The normalized spacial score (nSPS) is 10.3. The highest BCUT2D eigenvalue weighted by Crippen LogP contribution is 2.39. The minimum absolute atomic E-state index is 0.370. The second-order valence-electron chi connectivity index (χ2n) is 5.04. The fourth-order valence-electron chi connectivity index (χ4n) is 2.39. The van der Waals surface area contributed by atoms with Crippen molar-refractivity contribution in [1.29, 1.82) is 0 Å². The summed E-state index contributed by atoms with van der Waals surface area (Å²) >= 11 is 2.89. The van der Waals surface area contributed by atoms with E-state index in [1.165, 1.54) is 29.0 Å². The number of hydrogen-bond donors (Lipinski definition) is 0. The second kappa shape index (κ2) is 7.02. The van der Waals surface area contributed by atoms with Crippen LogP contribution in [0.15, 0.2) is 18.3 Å². The lowest BCUT2D eigenvalue weighted by Gasteiger charge is -1.89. The summed E-state index contributed by atoms with van der Waals surface area (Å²) in [6.45, 7) is 7.26. The fourth-order valence-corrected chi connectivity index (χ4v) is 4.38. The van der Waals surface area contributed by atoms with Crippen LogP contribution in [-0.4, -0.2) is 14.8 Å². The van der Waals surface area contributed by atoms with E-state index >= 15 is 0 Å². The van der Waals surface area contributed by atoms with Crippen LogP contribution in [0.4, 0.5) is 11.4 Å². The van der Waals surface area contributed by atoms with Crippen LogP contribution in [0.2, 0.25) is 0 Å². The molecule has 0 radical (unpaired) electrons. The zero-order valence-corrected chi connectivity index (χ0v) is 15.2. The standard InChI is InChI=1S/C9H9NS.C6H6N2O4S/c1-6-8-4-3-5-10-9(8)7(2)11-6;1-3-5(7(9)10)6(8(11)12)4(2)13-3/h3-5H,1-2H3;1-2H3. The topological polar surface area (TPSA) is 99.2 Å². The van der Waals surface area contributed by atoms with Crippen molar-refractivity contribution in [2.75, 3.05) is 0 Å². The van der Waals surface area contributed by atoms with E-state index in [1.807, 2.05) is 23.6 Å². The first-order chi connectivity index (χ1) is 11.2. The minimum atomic E-state index is -0.711. The SMILES string of the molecule is Cc1sc(C)c([N+](=O)[O-])c1[N+](=O)[O-].Cc1sc(C)c2ncccc12. The van der Waals surface area contributed by atoms with Crippen molar-refractivity contribution in [1.82, 2.24) is 4.98 Å². The van der Waals surface area contributed by atoms with E-state index in [0.29, 0.717) is 9.75 Å². The van der Waals surface area contributed by atoms with E-state index in [9.17, 15) is 20.2 Å². The van der Waals surface area contributed by atoms with Crippen LogP contribution < -0.4 is 0 Å². The Kier molecular flexibility index (Phi) is 5.25. The molecule has 0 amide bonds. The molecule has 0 saturated heterocycles. The molecule has 0 bridgehead atoms. The molecular formula is C15H15N3O4S2. The van der Waals surface area contributed by atoms with Gasteiger partial charge in [-0.1, -0.05) is 6.07 Å². The van der Waals surface area contributed by atoms with Crippen LogP contribution in [0.1, 0.15) is 19.5 Å². The lowest BCUT2D eigenvalue weighted by molar-refractivity contribution is -0.422. The number of nitro groups is 2. The molecule has 0 aliphatic heterocycles. The number of pyridine rings is 1. The summed E-state index contributed by atoms with van der Waals surface area (Å²) in [5.41, 5.74) is 0.398. The van der Waals surface area contributed by atoms with Crippen molar-refractivity contribution in [3.63, 3.8) is 0 Å². The van der Waals surface area contributed by atoms with Crippen molar-refractivity contribution in [3.05, 3.63) is 58.1 Å². The van der Waals surface area contributed by atoms with E-state index in [0.717, 1.165) is 16.9 Å². The quantitative estimate of drug-likeness (QED) is 0.465. The van der Waals surface area contributed by atoms with Gasteiger partial charge >= 0.3 is 11.4 Å². The van der Waals surface area contributed by atoms with Gasteiger partial charge in [0.2, 0.25) is 0 Å². The number of aryl methyl sites for hydroxylation is 4. The Labute approximate surface area is 145 Å². The minimum Gasteiger partial charge on any atom is -0.258 e. The molecule has 126 valence electrons. The van der Waals surface area contributed by atoms with Crippen LogP contribution in [-0.2, 0) is 0 Å². The van der Waals surface area contributed by atoms with Gasteiger partial charge in [-0.3, -0.25) is 25.2 Å². The number of hydrogen-bond acceptors (Lipinski definition) is 7. The summed E-state index contributed by atoms with van der Waals surface area (Å²) in [6.07, 6.45) is 1.85. The molecule has 3 aromatic rings. The van der Waals surface area contributed by atoms with Crippen molar-refractivity contribution >= 4 is 45.0 Å². The van der Waals surface area contributed by atoms with Gasteiger partial charge in [0.15, 0.2) is 0 Å². The predicted molar refractivity (Wildman–Crippen MR) is 96.2 cm³/mol. The lowest BCUT2D eigenvalue weighted by atomic mass is 10.2. The molecule has 9 heteroatoms. The third-order valence-corrected chi connectivity index (χ3v) is 5.41. The number of nitrogens with zero attached hydrogens (tertiary/aromatic N) is 3. The second-order valence-corrected chi connectivity index (χ2v) is 7.90. The summed E-state index contributed by atoms with van der Waals surface area (Å²) in [5.74, 6) is 0. The Balaban J connectivity index is 0.000000175. The zero-order valence-electron chi connectivity index (χ0n) is 13.5. The molecule has 0 aliphatic carbocycles. The molecule has 0 saturated carbocycles. The zero-order chi connectivity index (χ0) is 18.0. The molecule has 3 rings (SSSR count). The van der Waals surface area contributed by atoms with Crippen LogP contribution in [0.3, 0.4) is 0 Å². The Hall–Kier alpha value is -2.39. The van der Waals surface area contributed by atoms with Crippen molar-refractivity contribution in [3.8, 4) is 0 Å². The van der Waals surface area contributed by atoms with Crippen LogP contribution in [0.5, 0.6) is 0 Å². The number of aromatic nitrogens is 1. The molecule has 0 atom stereocenters.